The van der Waals surface area contributed by atoms with Gasteiger partial charge in [-0.3, -0.25) is 4.79 Å². The number of carboxylic acids is 1. The summed E-state index contributed by atoms with van der Waals surface area (Å²) in [5.41, 5.74) is -0.983. The lowest BCUT2D eigenvalue weighted by atomic mass is 9.67. The molecular weight excluding hydrogens is 218 g/mol. The van der Waals surface area contributed by atoms with Crippen LogP contribution >= 0.6 is 0 Å². The Labute approximate surface area is 103 Å². The normalized spacial score (nSPS) is 29.1. The minimum absolute atomic E-state index is 0.0545. The van der Waals surface area contributed by atoms with E-state index in [-0.39, 0.29) is 11.8 Å². The minimum atomic E-state index is -0.983. The Kier molecular flexibility index (Phi) is 4.54. The molecule has 0 bridgehead atoms. The Morgan fingerprint density at radius 3 is 2.59 bits per heavy atom. The summed E-state index contributed by atoms with van der Waals surface area (Å²) in [6.45, 7) is 6.39. The number of hydrogen-bond donors (Lipinski definition) is 1. The first-order valence-corrected chi connectivity index (χ1v) is 6.46. The van der Waals surface area contributed by atoms with Crippen molar-refractivity contribution in [3.8, 4) is 0 Å². The summed E-state index contributed by atoms with van der Waals surface area (Å²) in [6.07, 6.45) is 4.13. The first-order chi connectivity index (χ1) is 8.00. The molecule has 1 fully saturated rings. The van der Waals surface area contributed by atoms with Crippen LogP contribution in [-0.4, -0.2) is 34.5 Å². The van der Waals surface area contributed by atoms with Crippen molar-refractivity contribution in [1.29, 1.82) is 0 Å². The van der Waals surface area contributed by atoms with E-state index >= 15 is 0 Å². The van der Waals surface area contributed by atoms with Crippen LogP contribution in [0.2, 0.25) is 0 Å². The lowest BCUT2D eigenvalue weighted by Gasteiger charge is -2.48. The van der Waals surface area contributed by atoms with E-state index in [1.807, 2.05) is 20.8 Å². The molecule has 0 aromatic carbocycles. The van der Waals surface area contributed by atoms with E-state index in [2.05, 4.69) is 0 Å². The largest absolute Gasteiger partial charge is 0.479 e. The van der Waals surface area contributed by atoms with Crippen LogP contribution in [0.5, 0.6) is 0 Å². The van der Waals surface area contributed by atoms with Gasteiger partial charge in [0.2, 0.25) is 6.41 Å². The number of carbonyl (C=O) groups is 2. The quantitative estimate of drug-likeness (QED) is 0.750. The van der Waals surface area contributed by atoms with Crippen LogP contribution in [0.25, 0.3) is 0 Å². The van der Waals surface area contributed by atoms with Gasteiger partial charge in [0.25, 0.3) is 0 Å². The third-order valence-electron chi connectivity index (χ3n) is 4.09. The molecule has 2 atom stereocenters. The highest BCUT2D eigenvalue weighted by Crippen LogP contribution is 2.42. The first-order valence-electron chi connectivity index (χ1n) is 6.46. The van der Waals surface area contributed by atoms with Crippen molar-refractivity contribution < 1.29 is 14.7 Å². The molecule has 1 N–H and O–H groups in total. The predicted octanol–water partition coefficient (Wildman–Crippen LogP) is 2.13. The van der Waals surface area contributed by atoms with Gasteiger partial charge in [0.05, 0.1) is 0 Å². The number of amides is 1. The maximum absolute atomic E-state index is 11.7. The topological polar surface area (TPSA) is 57.6 Å². The second kappa shape index (κ2) is 5.52. The maximum atomic E-state index is 11.7. The Hall–Kier alpha value is -1.06. The van der Waals surface area contributed by atoms with Crippen LogP contribution in [0.15, 0.2) is 0 Å². The number of rotatable bonds is 5. The summed E-state index contributed by atoms with van der Waals surface area (Å²) < 4.78 is 0. The van der Waals surface area contributed by atoms with E-state index in [0.29, 0.717) is 19.4 Å². The molecule has 0 heterocycles. The van der Waals surface area contributed by atoms with Crippen molar-refractivity contribution in [2.24, 2.45) is 11.8 Å². The van der Waals surface area contributed by atoms with Crippen LogP contribution in [0, 0.1) is 11.8 Å². The maximum Gasteiger partial charge on any atom is 0.329 e. The van der Waals surface area contributed by atoms with Crippen molar-refractivity contribution in [1.82, 2.24) is 4.90 Å². The SMILES string of the molecule is CCN(C=O)C1(C(=O)O)CCCCC1C(C)C. The average molecular weight is 241 g/mol. The van der Waals surface area contributed by atoms with Gasteiger partial charge in [0.15, 0.2) is 0 Å². The summed E-state index contributed by atoms with van der Waals surface area (Å²) >= 11 is 0. The zero-order valence-corrected chi connectivity index (χ0v) is 11.0. The predicted molar refractivity (Wildman–Crippen MR) is 65.6 cm³/mol. The lowest BCUT2D eigenvalue weighted by molar-refractivity contribution is -0.164. The Balaban J connectivity index is 3.17. The highest BCUT2D eigenvalue weighted by atomic mass is 16.4. The number of nitrogens with zero attached hydrogens (tertiary/aromatic N) is 1. The zero-order chi connectivity index (χ0) is 13.1. The average Bonchev–Trinajstić information content (AvgIpc) is 2.30. The molecule has 98 valence electrons. The third kappa shape index (κ3) is 2.31. The lowest BCUT2D eigenvalue weighted by Crippen LogP contribution is -2.61. The molecule has 0 aliphatic heterocycles. The summed E-state index contributed by atoms with van der Waals surface area (Å²) in [4.78, 5) is 24.4. The number of carboxylic acid groups (broad SMARTS) is 1. The standard InChI is InChI=1S/C13H23NO3/c1-4-14(9-15)13(12(16)17)8-6-5-7-11(13)10(2)3/h9-11H,4-8H2,1-3H3,(H,16,17). The van der Waals surface area contributed by atoms with E-state index in [1.165, 1.54) is 4.90 Å². The number of aliphatic carboxylic acids is 1. The van der Waals surface area contributed by atoms with Crippen LogP contribution in [0.1, 0.15) is 46.5 Å². The summed E-state index contributed by atoms with van der Waals surface area (Å²) in [5.74, 6) is -0.510. The fourth-order valence-corrected chi connectivity index (χ4v) is 3.26. The molecule has 1 aliphatic carbocycles. The fraction of sp³-hybridized carbons (Fsp3) is 0.846. The second-order valence-corrected chi connectivity index (χ2v) is 5.22. The number of hydrogen-bond acceptors (Lipinski definition) is 2. The van der Waals surface area contributed by atoms with Gasteiger partial charge in [-0.15, -0.1) is 0 Å². The summed E-state index contributed by atoms with van der Waals surface area (Å²) in [7, 11) is 0. The van der Waals surface area contributed by atoms with Crippen molar-refractivity contribution in [2.75, 3.05) is 6.54 Å². The van der Waals surface area contributed by atoms with Crippen LogP contribution in [0.3, 0.4) is 0 Å². The molecule has 0 spiro atoms. The van der Waals surface area contributed by atoms with E-state index in [0.717, 1.165) is 19.3 Å². The molecule has 1 amide bonds. The molecule has 4 nitrogen and oxygen atoms in total. The van der Waals surface area contributed by atoms with Crippen molar-refractivity contribution in [3.05, 3.63) is 0 Å². The van der Waals surface area contributed by atoms with Gasteiger partial charge in [0, 0.05) is 6.54 Å². The molecule has 1 saturated carbocycles. The Morgan fingerprint density at radius 1 is 1.53 bits per heavy atom. The highest BCUT2D eigenvalue weighted by molar-refractivity contribution is 5.82. The van der Waals surface area contributed by atoms with Crippen molar-refractivity contribution in [2.45, 2.75) is 52.0 Å². The van der Waals surface area contributed by atoms with Gasteiger partial charge in [0.1, 0.15) is 5.54 Å². The molecule has 1 aliphatic rings. The Bertz CT molecular complexity index is 290. The van der Waals surface area contributed by atoms with Gasteiger partial charge >= 0.3 is 5.97 Å². The van der Waals surface area contributed by atoms with Crippen LogP contribution in [0.4, 0.5) is 0 Å². The van der Waals surface area contributed by atoms with E-state index in [9.17, 15) is 14.7 Å². The minimum Gasteiger partial charge on any atom is -0.479 e. The van der Waals surface area contributed by atoms with Crippen LogP contribution in [-0.2, 0) is 9.59 Å². The van der Waals surface area contributed by atoms with Gasteiger partial charge in [-0.05, 0) is 31.6 Å². The van der Waals surface area contributed by atoms with E-state index in [1.54, 1.807) is 0 Å². The molecule has 4 heteroatoms. The van der Waals surface area contributed by atoms with Gasteiger partial charge in [-0.25, -0.2) is 4.79 Å². The fourth-order valence-electron chi connectivity index (χ4n) is 3.26. The molecule has 0 aromatic heterocycles. The molecule has 0 radical (unpaired) electrons. The van der Waals surface area contributed by atoms with Gasteiger partial charge in [-0.2, -0.15) is 0 Å². The first kappa shape index (κ1) is 14.0. The number of likely N-dealkylation sites (N-methyl/N-ethyl adjacent to an activating group) is 1. The van der Waals surface area contributed by atoms with Gasteiger partial charge in [-0.1, -0.05) is 26.7 Å². The molecule has 0 aromatic rings. The molecule has 1 rings (SSSR count). The third-order valence-corrected chi connectivity index (χ3v) is 4.09. The molecular formula is C13H23NO3. The van der Waals surface area contributed by atoms with Crippen molar-refractivity contribution in [3.63, 3.8) is 0 Å². The summed E-state index contributed by atoms with van der Waals surface area (Å²) in [5, 5.41) is 9.64. The monoisotopic (exact) mass is 241 g/mol. The summed E-state index contributed by atoms with van der Waals surface area (Å²) in [6, 6.07) is 0. The highest BCUT2D eigenvalue weighted by Gasteiger charge is 2.51. The van der Waals surface area contributed by atoms with Crippen LogP contribution < -0.4 is 0 Å². The molecule has 17 heavy (non-hydrogen) atoms. The molecule has 0 saturated heterocycles. The van der Waals surface area contributed by atoms with E-state index < -0.39 is 11.5 Å². The smallest absolute Gasteiger partial charge is 0.329 e. The van der Waals surface area contributed by atoms with E-state index in [4.69, 9.17) is 0 Å². The molecule has 2 unspecified atom stereocenters. The van der Waals surface area contributed by atoms with Gasteiger partial charge < -0.3 is 10.0 Å². The van der Waals surface area contributed by atoms with Crippen molar-refractivity contribution >= 4 is 12.4 Å². The second-order valence-electron chi connectivity index (χ2n) is 5.22. The zero-order valence-electron chi connectivity index (χ0n) is 11.0. The Morgan fingerprint density at radius 2 is 2.18 bits per heavy atom. The number of carbonyl (C=O) groups excluding carboxylic acids is 1.